The fraction of sp³-hybridized carbons (Fsp3) is 0.200. The molecule has 2 nitrogen and oxygen atoms in total. The van der Waals surface area contributed by atoms with E-state index in [1.54, 1.807) is 6.07 Å². The second kappa shape index (κ2) is 6.04. The summed E-state index contributed by atoms with van der Waals surface area (Å²) < 4.78 is 19.3. The molecule has 0 radical (unpaired) electrons. The zero-order chi connectivity index (χ0) is 13.8. The Kier molecular flexibility index (Phi) is 4.40. The van der Waals surface area contributed by atoms with Gasteiger partial charge >= 0.3 is 0 Å². The predicted octanol–water partition coefficient (Wildman–Crippen LogP) is 4.33. The van der Waals surface area contributed by atoms with E-state index in [4.69, 9.17) is 16.3 Å². The zero-order valence-electron chi connectivity index (χ0n) is 10.9. The van der Waals surface area contributed by atoms with Crippen molar-refractivity contribution in [3.8, 4) is 11.5 Å². The molecule has 100 valence electrons. The number of ether oxygens (including phenoxy) is 1. The summed E-state index contributed by atoms with van der Waals surface area (Å²) in [7, 11) is 3.94. The van der Waals surface area contributed by atoms with Crippen molar-refractivity contribution in [1.29, 1.82) is 0 Å². The van der Waals surface area contributed by atoms with Gasteiger partial charge in [0, 0.05) is 17.1 Å². The van der Waals surface area contributed by atoms with Crippen LogP contribution in [-0.2, 0) is 6.54 Å². The van der Waals surface area contributed by atoms with Crippen LogP contribution in [-0.4, -0.2) is 19.0 Å². The van der Waals surface area contributed by atoms with Crippen LogP contribution in [0, 0.1) is 5.82 Å². The second-order valence-corrected chi connectivity index (χ2v) is 4.96. The third kappa shape index (κ3) is 3.69. The minimum atomic E-state index is -0.466. The number of halogens is 2. The Hall–Kier alpha value is -1.58. The summed E-state index contributed by atoms with van der Waals surface area (Å²) in [4.78, 5) is 2.03. The Morgan fingerprint density at radius 1 is 1.11 bits per heavy atom. The van der Waals surface area contributed by atoms with Gasteiger partial charge in [-0.05, 0) is 38.4 Å². The van der Waals surface area contributed by atoms with Crippen LogP contribution in [0.4, 0.5) is 4.39 Å². The maximum Gasteiger partial charge on any atom is 0.167 e. The van der Waals surface area contributed by atoms with Crippen molar-refractivity contribution in [2.24, 2.45) is 0 Å². The van der Waals surface area contributed by atoms with Gasteiger partial charge in [0.25, 0.3) is 0 Å². The lowest BCUT2D eigenvalue weighted by Gasteiger charge is -2.15. The molecule has 0 heterocycles. The molecule has 0 N–H and O–H groups in total. The molecule has 0 saturated heterocycles. The van der Waals surface area contributed by atoms with Crippen LogP contribution in [0.3, 0.4) is 0 Å². The molecule has 0 unspecified atom stereocenters. The van der Waals surface area contributed by atoms with E-state index in [0.717, 1.165) is 12.1 Å². The summed E-state index contributed by atoms with van der Waals surface area (Å²) in [5.74, 6) is 0.361. The maximum absolute atomic E-state index is 13.7. The first-order chi connectivity index (χ1) is 9.06. The number of para-hydroxylation sites is 1. The van der Waals surface area contributed by atoms with Crippen molar-refractivity contribution < 1.29 is 9.13 Å². The Morgan fingerprint density at radius 3 is 2.53 bits per heavy atom. The molecule has 0 atom stereocenters. The number of benzene rings is 2. The summed E-state index contributed by atoms with van der Waals surface area (Å²) in [5.41, 5.74) is 1.00. The van der Waals surface area contributed by atoms with E-state index in [2.05, 4.69) is 0 Å². The third-order valence-electron chi connectivity index (χ3n) is 2.57. The van der Waals surface area contributed by atoms with Crippen molar-refractivity contribution >= 4 is 11.6 Å². The highest BCUT2D eigenvalue weighted by Gasteiger charge is 2.09. The second-order valence-electron chi connectivity index (χ2n) is 4.52. The first-order valence-corrected chi connectivity index (χ1v) is 6.29. The van der Waals surface area contributed by atoms with E-state index in [-0.39, 0.29) is 5.75 Å². The molecule has 2 aromatic carbocycles. The molecule has 0 aromatic heterocycles. The highest BCUT2D eigenvalue weighted by Crippen LogP contribution is 2.29. The van der Waals surface area contributed by atoms with Crippen molar-refractivity contribution in [1.82, 2.24) is 4.90 Å². The summed E-state index contributed by atoms with van der Waals surface area (Å²) in [6.45, 7) is 0.728. The molecular weight excluding hydrogens is 265 g/mol. The van der Waals surface area contributed by atoms with Crippen LogP contribution < -0.4 is 4.74 Å². The molecular formula is C15H15ClFNO. The Balaban J connectivity index is 2.27. The lowest BCUT2D eigenvalue weighted by molar-refractivity contribution is 0.383. The molecule has 0 aliphatic rings. The fourth-order valence-electron chi connectivity index (χ4n) is 1.75. The van der Waals surface area contributed by atoms with Crippen LogP contribution in [0.2, 0.25) is 5.02 Å². The van der Waals surface area contributed by atoms with Gasteiger partial charge in [-0.25, -0.2) is 4.39 Å². The molecule has 2 rings (SSSR count). The maximum atomic E-state index is 13.7. The molecule has 0 amide bonds. The summed E-state index contributed by atoms with van der Waals surface area (Å²) in [6.07, 6.45) is 0. The van der Waals surface area contributed by atoms with Crippen molar-refractivity contribution in [3.63, 3.8) is 0 Å². The molecule has 0 fully saturated rings. The van der Waals surface area contributed by atoms with Gasteiger partial charge in [0.15, 0.2) is 11.6 Å². The van der Waals surface area contributed by atoms with E-state index < -0.39 is 5.82 Å². The van der Waals surface area contributed by atoms with E-state index in [9.17, 15) is 4.39 Å². The normalized spacial score (nSPS) is 10.8. The number of rotatable bonds is 4. The standard InChI is InChI=1S/C15H15ClFNO/c1-18(2)10-11-5-3-4-6-14(11)19-15-8-7-12(16)9-13(15)17/h3-9H,10H2,1-2H3. The van der Waals surface area contributed by atoms with Crippen molar-refractivity contribution in [2.45, 2.75) is 6.54 Å². The molecule has 0 bridgehead atoms. The Labute approximate surface area is 117 Å². The Morgan fingerprint density at radius 2 is 1.84 bits per heavy atom. The van der Waals surface area contributed by atoms with E-state index in [1.807, 2.05) is 43.3 Å². The minimum Gasteiger partial charge on any atom is -0.454 e. The molecule has 0 aliphatic heterocycles. The van der Waals surface area contributed by atoms with Gasteiger partial charge in [0.1, 0.15) is 5.75 Å². The van der Waals surface area contributed by atoms with Crippen LogP contribution in [0.5, 0.6) is 11.5 Å². The number of hydrogen-bond donors (Lipinski definition) is 0. The summed E-state index contributed by atoms with van der Waals surface area (Å²) >= 11 is 5.72. The fourth-order valence-corrected chi connectivity index (χ4v) is 1.91. The van der Waals surface area contributed by atoms with E-state index >= 15 is 0 Å². The molecule has 0 aliphatic carbocycles. The van der Waals surface area contributed by atoms with Gasteiger partial charge in [0.2, 0.25) is 0 Å². The zero-order valence-corrected chi connectivity index (χ0v) is 11.6. The van der Waals surface area contributed by atoms with E-state index in [1.165, 1.54) is 12.1 Å². The van der Waals surface area contributed by atoms with Gasteiger partial charge in [-0.15, -0.1) is 0 Å². The molecule has 2 aromatic rings. The van der Waals surface area contributed by atoms with Gasteiger partial charge < -0.3 is 9.64 Å². The number of nitrogens with zero attached hydrogens (tertiary/aromatic N) is 1. The third-order valence-corrected chi connectivity index (χ3v) is 2.81. The topological polar surface area (TPSA) is 12.5 Å². The quantitative estimate of drug-likeness (QED) is 0.826. The average molecular weight is 280 g/mol. The minimum absolute atomic E-state index is 0.176. The van der Waals surface area contributed by atoms with Crippen LogP contribution in [0.15, 0.2) is 42.5 Å². The van der Waals surface area contributed by atoms with Gasteiger partial charge in [0.05, 0.1) is 0 Å². The van der Waals surface area contributed by atoms with Gasteiger partial charge in [-0.3, -0.25) is 0 Å². The SMILES string of the molecule is CN(C)Cc1ccccc1Oc1ccc(Cl)cc1F. The van der Waals surface area contributed by atoms with Crippen molar-refractivity contribution in [2.75, 3.05) is 14.1 Å². The molecule has 4 heteroatoms. The van der Waals surface area contributed by atoms with Gasteiger partial charge in [-0.2, -0.15) is 0 Å². The summed E-state index contributed by atoms with van der Waals surface area (Å²) in [5, 5.41) is 0.353. The Bertz CT molecular complexity index is 572. The molecule has 0 saturated carbocycles. The highest BCUT2D eigenvalue weighted by molar-refractivity contribution is 6.30. The average Bonchev–Trinajstić information content (AvgIpc) is 2.34. The lowest BCUT2D eigenvalue weighted by atomic mass is 10.2. The largest absolute Gasteiger partial charge is 0.454 e. The first-order valence-electron chi connectivity index (χ1n) is 5.92. The smallest absolute Gasteiger partial charge is 0.167 e. The predicted molar refractivity (Wildman–Crippen MR) is 75.3 cm³/mol. The number of hydrogen-bond acceptors (Lipinski definition) is 2. The van der Waals surface area contributed by atoms with E-state index in [0.29, 0.717) is 10.8 Å². The summed E-state index contributed by atoms with van der Waals surface area (Å²) in [6, 6.07) is 12.0. The van der Waals surface area contributed by atoms with Gasteiger partial charge in [-0.1, -0.05) is 29.8 Å². The lowest BCUT2D eigenvalue weighted by Crippen LogP contribution is -2.11. The highest BCUT2D eigenvalue weighted by atomic mass is 35.5. The molecule has 0 spiro atoms. The molecule has 19 heavy (non-hydrogen) atoms. The van der Waals surface area contributed by atoms with Crippen LogP contribution in [0.1, 0.15) is 5.56 Å². The van der Waals surface area contributed by atoms with Crippen LogP contribution >= 0.6 is 11.6 Å². The van der Waals surface area contributed by atoms with Crippen LogP contribution in [0.25, 0.3) is 0 Å². The van der Waals surface area contributed by atoms with Crippen molar-refractivity contribution in [3.05, 3.63) is 58.9 Å². The first kappa shape index (κ1) is 13.8. The monoisotopic (exact) mass is 279 g/mol.